The van der Waals surface area contributed by atoms with Crippen molar-refractivity contribution in [1.29, 1.82) is 0 Å². The number of likely N-dealkylation sites (tertiary alicyclic amines) is 1. The number of carbonyl (C=O) groups is 5. The van der Waals surface area contributed by atoms with Gasteiger partial charge in [-0.15, -0.1) is 11.8 Å². The van der Waals surface area contributed by atoms with E-state index in [1.54, 1.807) is 4.90 Å². The zero-order chi connectivity index (χ0) is 36.1. The maximum atomic E-state index is 14.3. The van der Waals surface area contributed by atoms with Crippen LogP contribution in [0.1, 0.15) is 87.5 Å². The minimum absolute atomic E-state index is 0.0762. The summed E-state index contributed by atoms with van der Waals surface area (Å²) in [7, 11) is 0. The van der Waals surface area contributed by atoms with E-state index in [9.17, 15) is 32.7 Å². The highest BCUT2D eigenvalue weighted by atomic mass is 32.2. The number of thioether (sulfide) groups is 1. The number of carbonyl (C=O) groups excluding carboxylic acids is 5. The van der Waals surface area contributed by atoms with Gasteiger partial charge in [-0.25, -0.2) is 9.00 Å². The summed E-state index contributed by atoms with van der Waals surface area (Å²) in [5.74, 6) is -2.79. The zero-order valence-corrected chi connectivity index (χ0v) is 31.3. The Morgan fingerprint density at radius 2 is 1.62 bits per heavy atom. The van der Waals surface area contributed by atoms with Crippen molar-refractivity contribution in [3.63, 3.8) is 0 Å². The van der Waals surface area contributed by atoms with E-state index in [0.29, 0.717) is 26.2 Å². The molecule has 2 aliphatic carbocycles. The molecule has 7 N–H and O–H groups in total. The summed E-state index contributed by atoms with van der Waals surface area (Å²) in [5, 5.41) is 11.0. The molecule has 1 heterocycles. The third-order valence-corrected chi connectivity index (χ3v) is 12.2. The number of amides is 5. The van der Waals surface area contributed by atoms with Crippen LogP contribution in [0.4, 0.5) is 4.79 Å². The lowest BCUT2D eigenvalue weighted by Crippen LogP contribution is -2.62. The number of primary amides is 1. The number of nitrogens with one attached hydrogen (secondary N) is 4. The molecule has 274 valence electrons. The van der Waals surface area contributed by atoms with Gasteiger partial charge in [0, 0.05) is 43.5 Å². The average Bonchev–Trinajstić information content (AvgIpc) is 3.19. The van der Waals surface area contributed by atoms with Crippen molar-refractivity contribution in [1.82, 2.24) is 30.5 Å². The lowest BCUT2D eigenvalue weighted by Gasteiger charge is -2.38. The van der Waals surface area contributed by atoms with Gasteiger partial charge in [0.05, 0.1) is 0 Å². The maximum absolute atomic E-state index is 14.3. The van der Waals surface area contributed by atoms with Crippen molar-refractivity contribution >= 4 is 52.6 Å². The van der Waals surface area contributed by atoms with Gasteiger partial charge in [0.2, 0.25) is 23.1 Å². The fraction of sp³-hybridized carbons (Fsp3) is 0.844. The van der Waals surface area contributed by atoms with Crippen LogP contribution in [0, 0.1) is 22.7 Å². The summed E-state index contributed by atoms with van der Waals surface area (Å²) in [4.78, 5) is 67.6. The van der Waals surface area contributed by atoms with Crippen molar-refractivity contribution in [2.75, 3.05) is 26.2 Å². The van der Waals surface area contributed by atoms with Crippen LogP contribution in [0.2, 0.25) is 0 Å². The predicted octanol–water partition coefficient (Wildman–Crippen LogP) is 1.57. The number of hydrogen-bond acceptors (Lipinski definition) is 8. The quantitative estimate of drug-likeness (QED) is 0.0594. The number of rotatable bonds is 16. The maximum Gasteiger partial charge on any atom is 0.315 e. The summed E-state index contributed by atoms with van der Waals surface area (Å²) < 4.78 is 22.6. The molecule has 0 bridgehead atoms. The molecule has 0 spiro atoms. The summed E-state index contributed by atoms with van der Waals surface area (Å²) in [5.41, 5.74) is 4.23. The van der Waals surface area contributed by atoms with Gasteiger partial charge in [0.25, 0.3) is 11.7 Å². The van der Waals surface area contributed by atoms with Gasteiger partial charge in [-0.05, 0) is 62.2 Å². The van der Waals surface area contributed by atoms with Crippen molar-refractivity contribution < 1.29 is 32.7 Å². The Morgan fingerprint density at radius 3 is 2.08 bits per heavy atom. The SMILES string of the molecule is CC(C)N(CCNC[C@@H](NC(=O)N[C@H](C(=O)N1C[C@@H]2CC[C@@H]2[C@H]1C(=O)NC(SC1CCC1)C(=O)C(N)=O)C(C)(C)C)C(C)(C)C)S(=O)O. The molecule has 3 fully saturated rings. The number of hydrogen-bond donors (Lipinski definition) is 6. The van der Waals surface area contributed by atoms with Gasteiger partial charge >= 0.3 is 6.03 Å². The number of urea groups is 1. The fourth-order valence-corrected chi connectivity index (χ4v) is 8.30. The second-order valence-electron chi connectivity index (χ2n) is 15.7. The molecule has 0 radical (unpaired) electrons. The number of nitrogens with zero attached hydrogens (tertiary/aromatic N) is 2. The molecular weight excluding hydrogens is 659 g/mol. The third-order valence-electron chi connectivity index (χ3n) is 9.71. The first-order valence-electron chi connectivity index (χ1n) is 17.0. The molecule has 14 nitrogen and oxygen atoms in total. The Morgan fingerprint density at radius 1 is 0.979 bits per heavy atom. The van der Waals surface area contributed by atoms with E-state index < -0.39 is 57.8 Å². The van der Waals surface area contributed by atoms with E-state index in [2.05, 4.69) is 21.3 Å². The van der Waals surface area contributed by atoms with E-state index in [1.807, 2.05) is 55.4 Å². The minimum atomic E-state index is -2.09. The molecule has 1 saturated heterocycles. The van der Waals surface area contributed by atoms with Gasteiger partial charge in [0.15, 0.2) is 0 Å². The van der Waals surface area contributed by atoms with E-state index in [0.717, 1.165) is 32.1 Å². The van der Waals surface area contributed by atoms with Crippen LogP contribution in [0.25, 0.3) is 0 Å². The van der Waals surface area contributed by atoms with Crippen molar-refractivity contribution in [2.24, 2.45) is 28.4 Å². The monoisotopic (exact) mass is 715 g/mol. The van der Waals surface area contributed by atoms with E-state index in [1.165, 1.54) is 16.1 Å². The highest BCUT2D eigenvalue weighted by molar-refractivity contribution is 8.01. The molecule has 16 heteroatoms. The number of nitrogens with two attached hydrogens (primary N) is 1. The topological polar surface area (TPSA) is 203 Å². The lowest BCUT2D eigenvalue weighted by molar-refractivity contribution is -0.143. The highest BCUT2D eigenvalue weighted by Gasteiger charge is 2.54. The summed E-state index contributed by atoms with van der Waals surface area (Å²) in [6.07, 6.45) is 4.42. The molecule has 3 rings (SSSR count). The van der Waals surface area contributed by atoms with Crippen LogP contribution in [0.3, 0.4) is 0 Å². The van der Waals surface area contributed by atoms with Crippen LogP contribution < -0.4 is 27.0 Å². The molecule has 1 aliphatic heterocycles. The molecule has 2 saturated carbocycles. The highest BCUT2D eigenvalue weighted by Crippen LogP contribution is 2.46. The largest absolute Gasteiger partial charge is 0.363 e. The lowest BCUT2D eigenvalue weighted by atomic mass is 9.73. The van der Waals surface area contributed by atoms with Crippen LogP contribution in [-0.4, -0.2) is 108 Å². The minimum Gasteiger partial charge on any atom is -0.363 e. The van der Waals surface area contributed by atoms with Crippen molar-refractivity contribution in [2.45, 2.75) is 122 Å². The Bertz CT molecular complexity index is 1220. The molecule has 3 aliphatic rings. The molecule has 0 aromatic carbocycles. The summed E-state index contributed by atoms with van der Waals surface area (Å²) in [6.45, 7) is 16.7. The van der Waals surface area contributed by atoms with Crippen LogP contribution in [0.15, 0.2) is 0 Å². The molecule has 5 amide bonds. The molecular formula is C32H57N7O7S2. The van der Waals surface area contributed by atoms with Crippen molar-refractivity contribution in [3.05, 3.63) is 0 Å². The zero-order valence-electron chi connectivity index (χ0n) is 29.7. The third kappa shape index (κ3) is 10.4. The first kappa shape index (κ1) is 40.2. The molecule has 0 aromatic heterocycles. The van der Waals surface area contributed by atoms with Gasteiger partial charge in [-0.2, -0.15) is 4.31 Å². The van der Waals surface area contributed by atoms with Crippen LogP contribution in [0.5, 0.6) is 0 Å². The first-order valence-corrected chi connectivity index (χ1v) is 19.0. The van der Waals surface area contributed by atoms with E-state index in [4.69, 9.17) is 5.73 Å². The molecule has 7 atom stereocenters. The summed E-state index contributed by atoms with van der Waals surface area (Å²) in [6, 6.07) is -2.80. The smallest absolute Gasteiger partial charge is 0.315 e. The van der Waals surface area contributed by atoms with E-state index in [-0.39, 0.29) is 40.5 Å². The van der Waals surface area contributed by atoms with Crippen LogP contribution in [-0.2, 0) is 30.4 Å². The first-order chi connectivity index (χ1) is 22.2. The number of fused-ring (bicyclic) bond motifs is 1. The van der Waals surface area contributed by atoms with Crippen LogP contribution >= 0.6 is 11.8 Å². The van der Waals surface area contributed by atoms with Gasteiger partial charge in [-0.3, -0.25) is 23.7 Å². The van der Waals surface area contributed by atoms with E-state index >= 15 is 0 Å². The standard InChI is InChI=1S/C32H57N7O7S2/c1-18(2)39(48(45)46)15-14-34-16-22(31(3,4)5)35-30(44)36-25(32(6,7)8)29(43)38-17-19-12-13-21(19)23(38)27(42)37-28(24(40)26(33)41)47-20-10-9-11-20/h18-23,25,28,34H,9-17H2,1-8H3,(H2,33,41)(H,37,42)(H,45,46)(H2,35,36,44)/t19-,21-,22+,23-,25+,28?/m0/s1. The summed E-state index contributed by atoms with van der Waals surface area (Å²) >= 11 is -0.853. The predicted molar refractivity (Wildman–Crippen MR) is 187 cm³/mol. The number of Topliss-reactive ketones (excluding diaryl/α,β-unsaturated/α-hetero) is 1. The number of ketones is 1. The second kappa shape index (κ2) is 16.6. The van der Waals surface area contributed by atoms with Gasteiger partial charge in [0.1, 0.15) is 17.5 Å². The molecule has 0 aromatic rings. The Hall–Kier alpha value is -2.27. The Labute approximate surface area is 292 Å². The molecule has 48 heavy (non-hydrogen) atoms. The average molecular weight is 716 g/mol. The Kier molecular flexibility index (Phi) is 13.9. The van der Waals surface area contributed by atoms with Gasteiger partial charge < -0.3 is 31.9 Å². The van der Waals surface area contributed by atoms with Gasteiger partial charge in [-0.1, -0.05) is 48.0 Å². The normalized spacial score (nSPS) is 23.7. The second-order valence-corrected chi connectivity index (χ2v) is 18.1. The fourth-order valence-electron chi connectivity index (χ4n) is 6.27. The van der Waals surface area contributed by atoms with Crippen molar-refractivity contribution in [3.8, 4) is 0 Å². The molecule has 2 unspecified atom stereocenters. The Balaban J connectivity index is 1.72.